The largest absolute Gasteiger partial charge is 0.405 e. The van der Waals surface area contributed by atoms with E-state index in [0.717, 1.165) is 0 Å². The molecule has 0 bridgehead atoms. The summed E-state index contributed by atoms with van der Waals surface area (Å²) in [5, 5.41) is 0. The Bertz CT molecular complexity index is 158. The quantitative estimate of drug-likeness (QED) is 0.400. The summed E-state index contributed by atoms with van der Waals surface area (Å²) >= 11 is 0. The maximum absolute atomic E-state index is 10.3. The second-order valence-electron chi connectivity index (χ2n) is 1.60. The molecular weight excluding hydrogens is 116 g/mol. The van der Waals surface area contributed by atoms with Crippen LogP contribution in [-0.4, -0.2) is 5.91 Å². The van der Waals surface area contributed by atoms with Crippen LogP contribution >= 0.6 is 0 Å². The van der Waals surface area contributed by atoms with E-state index in [1.807, 2.05) is 0 Å². The smallest absolute Gasteiger partial charge is 0.244 e. The highest BCUT2D eigenvalue weighted by Gasteiger charge is 1.91. The molecule has 0 saturated carbocycles. The summed E-state index contributed by atoms with van der Waals surface area (Å²) in [4.78, 5) is 10.3. The topological polar surface area (TPSA) is 69.1 Å². The Morgan fingerprint density at radius 3 is 2.44 bits per heavy atom. The molecule has 0 aromatic rings. The minimum Gasteiger partial charge on any atom is -0.405 e. The zero-order chi connectivity index (χ0) is 7.28. The van der Waals surface area contributed by atoms with Crippen molar-refractivity contribution in [2.45, 2.75) is 6.92 Å². The molecule has 0 atom stereocenters. The lowest BCUT2D eigenvalue weighted by molar-refractivity contribution is -0.114. The van der Waals surface area contributed by atoms with Crippen LogP contribution in [0, 0.1) is 0 Å². The number of hydrogen-bond donors (Lipinski definition) is 2. The molecule has 1 amide bonds. The fraction of sp³-hybridized carbons (Fsp3) is 0.167. The van der Waals surface area contributed by atoms with Crippen LogP contribution in [0.5, 0.6) is 0 Å². The molecule has 3 heteroatoms. The maximum atomic E-state index is 10.3. The number of amides is 1. The summed E-state index contributed by atoms with van der Waals surface area (Å²) < 4.78 is 0. The van der Waals surface area contributed by atoms with E-state index in [1.165, 1.54) is 6.20 Å². The first-order valence-electron chi connectivity index (χ1n) is 2.53. The van der Waals surface area contributed by atoms with Gasteiger partial charge < -0.3 is 11.5 Å². The van der Waals surface area contributed by atoms with Crippen LogP contribution in [0.4, 0.5) is 0 Å². The number of rotatable bonds is 2. The van der Waals surface area contributed by atoms with Crippen molar-refractivity contribution in [1.82, 2.24) is 0 Å². The lowest BCUT2D eigenvalue weighted by Gasteiger charge is -1.87. The van der Waals surface area contributed by atoms with E-state index in [-0.39, 0.29) is 0 Å². The van der Waals surface area contributed by atoms with Crippen molar-refractivity contribution >= 4 is 5.91 Å². The Morgan fingerprint density at radius 1 is 1.56 bits per heavy atom. The number of carbonyl (C=O) groups excluding carboxylic acids is 1. The van der Waals surface area contributed by atoms with Gasteiger partial charge in [-0.1, -0.05) is 6.08 Å². The Morgan fingerprint density at radius 2 is 2.11 bits per heavy atom. The van der Waals surface area contributed by atoms with Crippen LogP contribution in [0.25, 0.3) is 0 Å². The first kappa shape index (κ1) is 7.75. The Labute approximate surface area is 54.0 Å². The predicted molar refractivity (Wildman–Crippen MR) is 36.3 cm³/mol. The van der Waals surface area contributed by atoms with Gasteiger partial charge in [0, 0.05) is 5.57 Å². The second-order valence-corrected chi connectivity index (χ2v) is 1.60. The molecule has 4 N–H and O–H groups in total. The molecule has 0 rings (SSSR count). The highest BCUT2D eigenvalue weighted by molar-refractivity contribution is 5.91. The van der Waals surface area contributed by atoms with E-state index < -0.39 is 5.91 Å². The van der Waals surface area contributed by atoms with Crippen molar-refractivity contribution in [2.24, 2.45) is 11.5 Å². The number of carbonyl (C=O) groups is 1. The van der Waals surface area contributed by atoms with Gasteiger partial charge in [0.2, 0.25) is 5.91 Å². The molecule has 0 aromatic heterocycles. The van der Waals surface area contributed by atoms with E-state index in [2.05, 4.69) is 0 Å². The average Bonchev–Trinajstić information content (AvgIpc) is 1.82. The van der Waals surface area contributed by atoms with Crippen molar-refractivity contribution in [2.75, 3.05) is 0 Å². The fourth-order valence-electron chi connectivity index (χ4n) is 0.282. The summed E-state index contributed by atoms with van der Waals surface area (Å²) in [7, 11) is 0. The number of allylic oxidation sites excluding steroid dienone is 2. The Kier molecular flexibility index (Phi) is 3.20. The van der Waals surface area contributed by atoms with Crippen molar-refractivity contribution in [3.8, 4) is 0 Å². The Hall–Kier alpha value is -1.25. The minimum atomic E-state index is -0.423. The monoisotopic (exact) mass is 126 g/mol. The molecule has 0 radical (unpaired) electrons. The number of primary amides is 1. The molecule has 9 heavy (non-hydrogen) atoms. The van der Waals surface area contributed by atoms with E-state index in [9.17, 15) is 4.79 Å². The predicted octanol–water partition coefficient (Wildman–Crippen LogP) is -0.110. The van der Waals surface area contributed by atoms with Gasteiger partial charge in [-0.3, -0.25) is 4.79 Å². The summed E-state index contributed by atoms with van der Waals surface area (Å²) in [6, 6.07) is 0. The summed E-state index contributed by atoms with van der Waals surface area (Å²) in [5.41, 5.74) is 10.4. The van der Waals surface area contributed by atoms with Crippen molar-refractivity contribution in [3.05, 3.63) is 23.9 Å². The standard InChI is InChI=1S/C6H10N2O/c1-5(6(8)9)3-2-4-7/h2-4H,7H2,1H3,(H2,8,9)/b4-2-,5-3+. The fourth-order valence-corrected chi connectivity index (χ4v) is 0.282. The molecule has 0 spiro atoms. The number of hydrogen-bond acceptors (Lipinski definition) is 2. The molecule has 0 saturated heterocycles. The third kappa shape index (κ3) is 3.34. The normalized spacial score (nSPS) is 12.3. The van der Waals surface area contributed by atoms with Crippen LogP contribution in [0.15, 0.2) is 23.9 Å². The lowest BCUT2D eigenvalue weighted by Crippen LogP contribution is -2.11. The van der Waals surface area contributed by atoms with E-state index in [4.69, 9.17) is 11.5 Å². The van der Waals surface area contributed by atoms with Crippen molar-refractivity contribution in [3.63, 3.8) is 0 Å². The van der Waals surface area contributed by atoms with Gasteiger partial charge in [-0.05, 0) is 19.2 Å². The summed E-state index contributed by atoms with van der Waals surface area (Å²) in [5.74, 6) is -0.423. The van der Waals surface area contributed by atoms with Gasteiger partial charge >= 0.3 is 0 Å². The molecule has 0 aromatic carbocycles. The van der Waals surface area contributed by atoms with Crippen molar-refractivity contribution in [1.29, 1.82) is 0 Å². The lowest BCUT2D eigenvalue weighted by atomic mass is 10.3. The van der Waals surface area contributed by atoms with Gasteiger partial charge in [-0.25, -0.2) is 0 Å². The first-order valence-corrected chi connectivity index (χ1v) is 2.53. The summed E-state index contributed by atoms with van der Waals surface area (Å²) in [6.45, 7) is 1.63. The van der Waals surface area contributed by atoms with Gasteiger partial charge in [0.05, 0.1) is 0 Å². The molecule has 0 heterocycles. The van der Waals surface area contributed by atoms with Crippen molar-refractivity contribution < 1.29 is 4.79 Å². The van der Waals surface area contributed by atoms with Gasteiger partial charge in [0.25, 0.3) is 0 Å². The maximum Gasteiger partial charge on any atom is 0.244 e. The van der Waals surface area contributed by atoms with Gasteiger partial charge in [-0.15, -0.1) is 0 Å². The molecule has 0 aliphatic carbocycles. The van der Waals surface area contributed by atoms with E-state index in [1.54, 1.807) is 19.1 Å². The zero-order valence-corrected chi connectivity index (χ0v) is 5.29. The molecular formula is C6H10N2O. The second kappa shape index (κ2) is 3.72. The molecule has 50 valence electrons. The van der Waals surface area contributed by atoms with Crippen LogP contribution in [0.3, 0.4) is 0 Å². The zero-order valence-electron chi connectivity index (χ0n) is 5.29. The highest BCUT2D eigenvalue weighted by Crippen LogP contribution is 1.88. The number of nitrogens with two attached hydrogens (primary N) is 2. The van der Waals surface area contributed by atoms with Gasteiger partial charge in [0.15, 0.2) is 0 Å². The average molecular weight is 126 g/mol. The van der Waals surface area contributed by atoms with Gasteiger partial charge in [0.1, 0.15) is 0 Å². The first-order chi connectivity index (χ1) is 4.18. The molecule has 3 nitrogen and oxygen atoms in total. The summed E-state index contributed by atoms with van der Waals surface area (Å²) in [6.07, 6.45) is 4.45. The van der Waals surface area contributed by atoms with E-state index >= 15 is 0 Å². The van der Waals surface area contributed by atoms with Gasteiger partial charge in [-0.2, -0.15) is 0 Å². The van der Waals surface area contributed by atoms with Crippen LogP contribution in [0.2, 0.25) is 0 Å². The molecule has 0 aliphatic heterocycles. The third-order valence-electron chi connectivity index (χ3n) is 0.846. The minimum absolute atomic E-state index is 0.423. The van der Waals surface area contributed by atoms with Crippen LogP contribution < -0.4 is 11.5 Å². The Balaban J connectivity index is 4.00. The van der Waals surface area contributed by atoms with E-state index in [0.29, 0.717) is 5.57 Å². The third-order valence-corrected chi connectivity index (χ3v) is 0.846. The highest BCUT2D eigenvalue weighted by atomic mass is 16.1. The SMILES string of the molecule is C/C(=C\C=C/N)C(N)=O. The molecule has 0 fully saturated rings. The van der Waals surface area contributed by atoms with Crippen LogP contribution in [0.1, 0.15) is 6.92 Å². The van der Waals surface area contributed by atoms with Crippen LogP contribution in [-0.2, 0) is 4.79 Å². The molecule has 0 unspecified atom stereocenters. The molecule has 0 aliphatic rings.